The number of halogens is 1. The molecule has 0 aliphatic rings. The topological polar surface area (TPSA) is 36.7 Å². The van der Waals surface area contributed by atoms with Crippen molar-refractivity contribution in [2.24, 2.45) is 0 Å². The second-order valence-electron chi connectivity index (χ2n) is 2.97. The molecule has 0 saturated carbocycles. The maximum atomic E-state index is 12.9. The largest absolute Gasteiger partial charge is 0.255 e. The van der Waals surface area contributed by atoms with Gasteiger partial charge in [0.25, 0.3) is 0 Å². The predicted molar refractivity (Wildman–Crippen MR) is 53.2 cm³/mol. The summed E-state index contributed by atoms with van der Waals surface area (Å²) in [7, 11) is 0. The maximum Gasteiger partial charge on any atom is 0.131 e. The van der Waals surface area contributed by atoms with Crippen LogP contribution in [0, 0.1) is 23.2 Å². The van der Waals surface area contributed by atoms with Gasteiger partial charge in [0, 0.05) is 17.8 Å². The fourth-order valence-electron chi connectivity index (χ4n) is 1.23. The molecule has 0 saturated heterocycles. The number of pyridine rings is 1. The molecular weight excluding hydrogens is 191 g/mol. The van der Waals surface area contributed by atoms with Gasteiger partial charge in [0.1, 0.15) is 11.9 Å². The van der Waals surface area contributed by atoms with Crippen LogP contribution in [0.5, 0.6) is 0 Å². The summed E-state index contributed by atoms with van der Waals surface area (Å²) in [4.78, 5) is 4.06. The van der Waals surface area contributed by atoms with E-state index in [1.54, 1.807) is 18.2 Å². The SMILES string of the molecule is N#Cc1ccc(-c2cc[c]c(F)c2)nc1. The second-order valence-corrected chi connectivity index (χ2v) is 2.97. The van der Waals surface area contributed by atoms with Gasteiger partial charge in [-0.25, -0.2) is 4.39 Å². The van der Waals surface area contributed by atoms with Crippen LogP contribution in [0.25, 0.3) is 11.3 Å². The number of nitriles is 1. The molecule has 1 aromatic carbocycles. The molecule has 0 aliphatic carbocycles. The molecule has 1 aromatic heterocycles. The molecule has 0 fully saturated rings. The fourth-order valence-corrected chi connectivity index (χ4v) is 1.23. The zero-order valence-corrected chi connectivity index (χ0v) is 7.74. The monoisotopic (exact) mass is 197 g/mol. The van der Waals surface area contributed by atoms with Crippen molar-refractivity contribution in [2.75, 3.05) is 0 Å². The van der Waals surface area contributed by atoms with Gasteiger partial charge in [-0.1, -0.05) is 12.1 Å². The van der Waals surface area contributed by atoms with Gasteiger partial charge in [-0.2, -0.15) is 5.26 Å². The summed E-state index contributed by atoms with van der Waals surface area (Å²) in [5.41, 5.74) is 1.80. The van der Waals surface area contributed by atoms with E-state index >= 15 is 0 Å². The van der Waals surface area contributed by atoms with Crippen LogP contribution in [0.15, 0.2) is 36.5 Å². The first kappa shape index (κ1) is 9.35. The minimum absolute atomic E-state index is 0.418. The summed E-state index contributed by atoms with van der Waals surface area (Å²) in [6.45, 7) is 0. The van der Waals surface area contributed by atoms with Crippen molar-refractivity contribution >= 4 is 0 Å². The summed E-state index contributed by atoms with van der Waals surface area (Å²) in [6, 6.07) is 12.3. The number of benzene rings is 1. The van der Waals surface area contributed by atoms with Crippen LogP contribution in [0.4, 0.5) is 4.39 Å². The standard InChI is InChI=1S/C12H6FN2/c13-11-3-1-2-10(6-11)12-5-4-9(7-14)8-15-12/h1-2,4-6,8H. The highest BCUT2D eigenvalue weighted by molar-refractivity contribution is 5.59. The Labute approximate surface area is 86.6 Å². The number of rotatable bonds is 1. The molecule has 2 rings (SSSR count). The van der Waals surface area contributed by atoms with Gasteiger partial charge in [0.05, 0.1) is 11.3 Å². The van der Waals surface area contributed by atoms with E-state index < -0.39 is 5.82 Å². The normalized spacial score (nSPS) is 9.60. The van der Waals surface area contributed by atoms with Crippen molar-refractivity contribution in [2.45, 2.75) is 0 Å². The highest BCUT2D eigenvalue weighted by Gasteiger charge is 2.00. The van der Waals surface area contributed by atoms with Gasteiger partial charge in [-0.3, -0.25) is 4.98 Å². The Balaban J connectivity index is 2.42. The van der Waals surface area contributed by atoms with E-state index in [-0.39, 0.29) is 0 Å². The summed E-state index contributed by atoms with van der Waals surface area (Å²) in [5.74, 6) is -0.418. The average molecular weight is 197 g/mol. The second kappa shape index (κ2) is 3.89. The maximum absolute atomic E-state index is 12.9. The van der Waals surface area contributed by atoms with E-state index in [2.05, 4.69) is 11.1 Å². The lowest BCUT2D eigenvalue weighted by Crippen LogP contribution is -1.85. The number of nitrogens with zero attached hydrogens (tertiary/aromatic N) is 2. The first-order valence-corrected chi connectivity index (χ1v) is 4.33. The lowest BCUT2D eigenvalue weighted by atomic mass is 10.1. The molecule has 0 bridgehead atoms. The van der Waals surface area contributed by atoms with Crippen LogP contribution in [0.1, 0.15) is 5.56 Å². The molecule has 1 radical (unpaired) electrons. The minimum Gasteiger partial charge on any atom is -0.255 e. The zero-order chi connectivity index (χ0) is 10.7. The van der Waals surface area contributed by atoms with E-state index in [9.17, 15) is 4.39 Å². The molecule has 0 aliphatic heterocycles. The van der Waals surface area contributed by atoms with Crippen LogP contribution >= 0.6 is 0 Å². The Morgan fingerprint density at radius 1 is 1.33 bits per heavy atom. The van der Waals surface area contributed by atoms with E-state index in [0.717, 1.165) is 0 Å². The molecule has 71 valence electrons. The van der Waals surface area contributed by atoms with E-state index in [4.69, 9.17) is 5.26 Å². The molecule has 1 heterocycles. The van der Waals surface area contributed by atoms with Crippen LogP contribution < -0.4 is 0 Å². The third kappa shape index (κ3) is 2.00. The van der Waals surface area contributed by atoms with Gasteiger partial charge in [-0.05, 0) is 18.2 Å². The first-order chi connectivity index (χ1) is 7.29. The first-order valence-electron chi connectivity index (χ1n) is 4.33. The number of hydrogen-bond donors (Lipinski definition) is 0. The molecule has 0 amide bonds. The van der Waals surface area contributed by atoms with Gasteiger partial charge in [0.15, 0.2) is 0 Å². The van der Waals surface area contributed by atoms with Crippen LogP contribution in [-0.2, 0) is 0 Å². The Morgan fingerprint density at radius 2 is 2.20 bits per heavy atom. The van der Waals surface area contributed by atoms with Crippen LogP contribution in [0.3, 0.4) is 0 Å². The fraction of sp³-hybridized carbons (Fsp3) is 0. The van der Waals surface area contributed by atoms with Gasteiger partial charge in [-0.15, -0.1) is 0 Å². The zero-order valence-electron chi connectivity index (χ0n) is 7.74. The third-order valence-electron chi connectivity index (χ3n) is 1.95. The molecule has 2 aromatic rings. The molecule has 2 nitrogen and oxygen atoms in total. The highest BCUT2D eigenvalue weighted by Crippen LogP contribution is 2.17. The Bertz CT molecular complexity index is 512. The van der Waals surface area contributed by atoms with Crippen molar-refractivity contribution < 1.29 is 4.39 Å². The predicted octanol–water partition coefficient (Wildman–Crippen LogP) is 2.56. The Hall–Kier alpha value is -2.21. The molecule has 0 unspecified atom stereocenters. The molecule has 0 N–H and O–H groups in total. The van der Waals surface area contributed by atoms with Crippen molar-refractivity contribution in [3.8, 4) is 17.3 Å². The van der Waals surface area contributed by atoms with E-state index in [1.807, 2.05) is 6.07 Å². The lowest BCUT2D eigenvalue weighted by molar-refractivity contribution is 0.626. The molecule has 0 spiro atoms. The molecule has 3 heteroatoms. The summed E-state index contributed by atoms with van der Waals surface area (Å²) < 4.78 is 12.9. The smallest absolute Gasteiger partial charge is 0.131 e. The number of aromatic nitrogens is 1. The van der Waals surface area contributed by atoms with Crippen molar-refractivity contribution in [1.82, 2.24) is 4.98 Å². The summed E-state index contributed by atoms with van der Waals surface area (Å²) in [5, 5.41) is 8.59. The summed E-state index contributed by atoms with van der Waals surface area (Å²) >= 11 is 0. The van der Waals surface area contributed by atoms with Gasteiger partial charge >= 0.3 is 0 Å². The van der Waals surface area contributed by atoms with Crippen molar-refractivity contribution in [1.29, 1.82) is 5.26 Å². The average Bonchev–Trinajstić information content (AvgIpc) is 2.29. The highest BCUT2D eigenvalue weighted by atomic mass is 19.1. The van der Waals surface area contributed by atoms with Crippen molar-refractivity contribution in [3.63, 3.8) is 0 Å². The van der Waals surface area contributed by atoms with E-state index in [0.29, 0.717) is 16.8 Å². The van der Waals surface area contributed by atoms with Gasteiger partial charge < -0.3 is 0 Å². The molecule has 0 atom stereocenters. The quantitative estimate of drug-likeness (QED) is 0.704. The molecular formula is C12H6FN2. The minimum atomic E-state index is -0.418. The number of hydrogen-bond acceptors (Lipinski definition) is 2. The van der Waals surface area contributed by atoms with E-state index in [1.165, 1.54) is 18.3 Å². The van der Waals surface area contributed by atoms with Crippen LogP contribution in [0.2, 0.25) is 0 Å². The Kier molecular flexibility index (Phi) is 2.42. The van der Waals surface area contributed by atoms with Crippen molar-refractivity contribution in [3.05, 3.63) is 54.0 Å². The Morgan fingerprint density at radius 3 is 2.80 bits per heavy atom. The van der Waals surface area contributed by atoms with Crippen LogP contribution in [-0.4, -0.2) is 4.98 Å². The summed E-state index contributed by atoms with van der Waals surface area (Å²) in [6.07, 6.45) is 1.46. The third-order valence-corrected chi connectivity index (χ3v) is 1.95. The molecule has 15 heavy (non-hydrogen) atoms. The lowest BCUT2D eigenvalue weighted by Gasteiger charge is -1.99. The van der Waals surface area contributed by atoms with Gasteiger partial charge in [0.2, 0.25) is 0 Å².